The van der Waals surface area contributed by atoms with Gasteiger partial charge in [0.25, 0.3) is 0 Å². The normalized spacial score (nSPS) is 11.5. The van der Waals surface area contributed by atoms with Crippen molar-refractivity contribution in [1.29, 1.82) is 0 Å². The summed E-state index contributed by atoms with van der Waals surface area (Å²) in [6, 6.07) is 16.1. The summed E-state index contributed by atoms with van der Waals surface area (Å²) in [4.78, 5) is 0. The lowest BCUT2D eigenvalue weighted by Crippen LogP contribution is -1.93. The predicted octanol–water partition coefficient (Wildman–Crippen LogP) is 8.12. The number of unbranched alkanes of at least 4 members (excludes halogenated alkanes) is 4. The van der Waals surface area contributed by atoms with Gasteiger partial charge >= 0.3 is 0 Å². The standard InChI is InChI=1S/C28H34N2O2S/c1-3-5-7-9-11-21-31-25-17-13-23(14-18-25)27-29-30-28(33-27)24-15-19-26(20-16-24)32-22-12-10-8-6-4-2/h9-20H,3-8,21-22H2,1-2H3/b11-9+,12-10+. The second kappa shape index (κ2) is 14.3. The van der Waals surface area contributed by atoms with Gasteiger partial charge in [0.15, 0.2) is 0 Å². The lowest BCUT2D eigenvalue weighted by atomic mass is 10.2. The van der Waals surface area contributed by atoms with Gasteiger partial charge in [0.2, 0.25) is 0 Å². The van der Waals surface area contributed by atoms with Crippen molar-refractivity contribution in [2.45, 2.75) is 52.4 Å². The summed E-state index contributed by atoms with van der Waals surface area (Å²) in [7, 11) is 0. The molecule has 5 heteroatoms. The summed E-state index contributed by atoms with van der Waals surface area (Å²) >= 11 is 1.58. The van der Waals surface area contributed by atoms with Gasteiger partial charge in [-0.1, -0.05) is 75.2 Å². The average molecular weight is 463 g/mol. The fraction of sp³-hybridized carbons (Fsp3) is 0.357. The fourth-order valence-corrected chi connectivity index (χ4v) is 4.00. The van der Waals surface area contributed by atoms with E-state index < -0.39 is 0 Å². The van der Waals surface area contributed by atoms with E-state index in [1.54, 1.807) is 11.3 Å². The first-order chi connectivity index (χ1) is 16.3. The molecule has 0 N–H and O–H groups in total. The van der Waals surface area contributed by atoms with Gasteiger partial charge in [-0.05, 0) is 61.4 Å². The van der Waals surface area contributed by atoms with E-state index in [1.165, 1.54) is 25.7 Å². The molecule has 2 aromatic carbocycles. The molecule has 0 amide bonds. The van der Waals surface area contributed by atoms with E-state index in [4.69, 9.17) is 9.47 Å². The number of hydrogen-bond donors (Lipinski definition) is 0. The molecule has 0 atom stereocenters. The second-order valence-electron chi connectivity index (χ2n) is 7.81. The summed E-state index contributed by atoms with van der Waals surface area (Å²) < 4.78 is 11.6. The molecule has 4 nitrogen and oxygen atoms in total. The Morgan fingerprint density at radius 1 is 0.636 bits per heavy atom. The van der Waals surface area contributed by atoms with Crippen LogP contribution >= 0.6 is 11.3 Å². The highest BCUT2D eigenvalue weighted by atomic mass is 32.1. The summed E-state index contributed by atoms with van der Waals surface area (Å²) in [5.74, 6) is 1.72. The van der Waals surface area contributed by atoms with Crippen molar-refractivity contribution >= 4 is 11.3 Å². The van der Waals surface area contributed by atoms with Crippen molar-refractivity contribution in [2.75, 3.05) is 13.2 Å². The van der Waals surface area contributed by atoms with Gasteiger partial charge in [-0.15, -0.1) is 10.2 Å². The monoisotopic (exact) mass is 462 g/mol. The zero-order chi connectivity index (χ0) is 23.1. The van der Waals surface area contributed by atoms with Crippen LogP contribution in [-0.2, 0) is 0 Å². The Kier molecular flexibility index (Phi) is 10.7. The van der Waals surface area contributed by atoms with Crippen molar-refractivity contribution in [3.8, 4) is 32.6 Å². The molecule has 3 rings (SSSR count). The molecule has 33 heavy (non-hydrogen) atoms. The Morgan fingerprint density at radius 3 is 1.45 bits per heavy atom. The summed E-state index contributed by atoms with van der Waals surface area (Å²) in [6.07, 6.45) is 15.7. The molecule has 0 aliphatic heterocycles. The second-order valence-corrected chi connectivity index (χ2v) is 8.79. The summed E-state index contributed by atoms with van der Waals surface area (Å²) in [6.45, 7) is 5.60. The molecule has 0 aliphatic rings. The number of allylic oxidation sites excluding steroid dienone is 2. The fourth-order valence-electron chi connectivity index (χ4n) is 3.15. The summed E-state index contributed by atoms with van der Waals surface area (Å²) in [5.41, 5.74) is 2.08. The highest BCUT2D eigenvalue weighted by Crippen LogP contribution is 2.31. The number of aromatic nitrogens is 2. The van der Waals surface area contributed by atoms with Crippen LogP contribution in [0.2, 0.25) is 0 Å². The Hall–Kier alpha value is -2.92. The minimum absolute atomic E-state index is 0.598. The van der Waals surface area contributed by atoms with Crippen LogP contribution in [0.25, 0.3) is 21.1 Å². The largest absolute Gasteiger partial charge is 0.490 e. The van der Waals surface area contributed by atoms with E-state index in [9.17, 15) is 0 Å². The molecule has 0 bridgehead atoms. The first-order valence-corrected chi connectivity index (χ1v) is 12.7. The first kappa shape index (κ1) is 24.7. The van der Waals surface area contributed by atoms with Crippen LogP contribution in [0.4, 0.5) is 0 Å². The molecule has 0 unspecified atom stereocenters. The van der Waals surface area contributed by atoms with Crippen LogP contribution in [0, 0.1) is 0 Å². The van der Waals surface area contributed by atoms with E-state index >= 15 is 0 Å². The molecular formula is C28H34N2O2S. The number of ether oxygens (including phenoxy) is 2. The molecule has 1 aromatic heterocycles. The van der Waals surface area contributed by atoms with E-state index in [1.807, 2.05) is 48.5 Å². The minimum Gasteiger partial charge on any atom is -0.490 e. The number of hydrogen-bond acceptors (Lipinski definition) is 5. The van der Waals surface area contributed by atoms with Gasteiger partial charge in [0.1, 0.15) is 34.7 Å². The lowest BCUT2D eigenvalue weighted by molar-refractivity contribution is 0.362. The Bertz CT molecular complexity index is 911. The lowest BCUT2D eigenvalue weighted by Gasteiger charge is -2.04. The van der Waals surface area contributed by atoms with Gasteiger partial charge in [-0.2, -0.15) is 0 Å². The SMILES string of the molecule is CCCC/C=C/COc1ccc(-c2nnc(-c3ccc(OC/C=C/CCCC)cc3)s2)cc1. The molecule has 1 heterocycles. The predicted molar refractivity (Wildman–Crippen MR) is 139 cm³/mol. The van der Waals surface area contributed by atoms with Crippen LogP contribution in [-0.4, -0.2) is 23.4 Å². The van der Waals surface area contributed by atoms with Gasteiger partial charge in [0, 0.05) is 11.1 Å². The van der Waals surface area contributed by atoms with Crippen molar-refractivity contribution in [1.82, 2.24) is 10.2 Å². The van der Waals surface area contributed by atoms with Gasteiger partial charge < -0.3 is 9.47 Å². The number of rotatable bonds is 14. The molecule has 0 saturated carbocycles. The quantitative estimate of drug-likeness (QED) is 0.179. The minimum atomic E-state index is 0.598. The molecule has 0 fully saturated rings. The van der Waals surface area contributed by atoms with Crippen LogP contribution in [0.15, 0.2) is 72.8 Å². The maximum absolute atomic E-state index is 5.78. The number of nitrogens with zero attached hydrogens (tertiary/aromatic N) is 2. The van der Waals surface area contributed by atoms with Gasteiger partial charge in [0.05, 0.1) is 0 Å². The molecule has 0 radical (unpaired) electrons. The Labute approximate surface area is 202 Å². The topological polar surface area (TPSA) is 44.2 Å². The van der Waals surface area contributed by atoms with E-state index in [0.717, 1.165) is 45.5 Å². The van der Waals surface area contributed by atoms with E-state index in [-0.39, 0.29) is 0 Å². The number of benzene rings is 2. The molecule has 0 spiro atoms. The van der Waals surface area contributed by atoms with Crippen molar-refractivity contribution < 1.29 is 9.47 Å². The maximum Gasteiger partial charge on any atom is 0.148 e. The van der Waals surface area contributed by atoms with E-state index in [2.05, 4.69) is 48.3 Å². The molecule has 3 aromatic rings. The molecular weight excluding hydrogens is 428 g/mol. The van der Waals surface area contributed by atoms with Gasteiger partial charge in [-0.3, -0.25) is 0 Å². The van der Waals surface area contributed by atoms with Crippen LogP contribution in [0.5, 0.6) is 11.5 Å². The van der Waals surface area contributed by atoms with Gasteiger partial charge in [-0.25, -0.2) is 0 Å². The third-order valence-corrected chi connectivity index (χ3v) is 6.12. The molecule has 0 saturated heterocycles. The van der Waals surface area contributed by atoms with Crippen molar-refractivity contribution in [3.05, 3.63) is 72.8 Å². The highest BCUT2D eigenvalue weighted by Gasteiger charge is 2.09. The Balaban J connectivity index is 1.51. The van der Waals surface area contributed by atoms with Crippen molar-refractivity contribution in [3.63, 3.8) is 0 Å². The van der Waals surface area contributed by atoms with E-state index in [0.29, 0.717) is 13.2 Å². The maximum atomic E-state index is 5.78. The highest BCUT2D eigenvalue weighted by molar-refractivity contribution is 7.17. The molecule has 0 aliphatic carbocycles. The smallest absolute Gasteiger partial charge is 0.148 e. The van der Waals surface area contributed by atoms with Crippen LogP contribution < -0.4 is 9.47 Å². The zero-order valence-corrected chi connectivity index (χ0v) is 20.5. The van der Waals surface area contributed by atoms with Crippen molar-refractivity contribution in [2.24, 2.45) is 0 Å². The summed E-state index contributed by atoms with van der Waals surface area (Å²) in [5, 5.41) is 10.6. The first-order valence-electron chi connectivity index (χ1n) is 11.9. The third kappa shape index (κ3) is 8.50. The van der Waals surface area contributed by atoms with Crippen LogP contribution in [0.1, 0.15) is 52.4 Å². The third-order valence-electron chi connectivity index (χ3n) is 5.10. The van der Waals surface area contributed by atoms with Crippen LogP contribution in [0.3, 0.4) is 0 Å². The zero-order valence-electron chi connectivity index (χ0n) is 19.7. The Morgan fingerprint density at radius 2 is 1.06 bits per heavy atom. The molecule has 174 valence electrons. The average Bonchev–Trinajstić information content (AvgIpc) is 3.35.